The molecule has 23 heavy (non-hydrogen) atoms. The number of amides is 1. The van der Waals surface area contributed by atoms with Crippen LogP contribution in [0.15, 0.2) is 9.80 Å². The van der Waals surface area contributed by atoms with Gasteiger partial charge in [-0.1, -0.05) is 13.8 Å². The van der Waals surface area contributed by atoms with Gasteiger partial charge < -0.3 is 14.2 Å². The summed E-state index contributed by atoms with van der Waals surface area (Å²) in [7, 11) is 3.98. The second-order valence-corrected chi connectivity index (χ2v) is 7.36. The fourth-order valence-corrected chi connectivity index (χ4v) is 3.44. The predicted molar refractivity (Wildman–Crippen MR) is 88.5 cm³/mol. The van der Waals surface area contributed by atoms with Gasteiger partial charge in [0.15, 0.2) is 5.89 Å². The summed E-state index contributed by atoms with van der Waals surface area (Å²) in [6, 6.07) is 0. The quantitative estimate of drug-likeness (QED) is 0.860. The summed E-state index contributed by atoms with van der Waals surface area (Å²) < 4.78 is 5.78. The normalized spacial score (nSPS) is 14.6. The van der Waals surface area contributed by atoms with Gasteiger partial charge in [0, 0.05) is 30.8 Å². The molecule has 0 atom stereocenters. The minimum absolute atomic E-state index is 0.0222. The molecule has 3 rings (SSSR count). The zero-order chi connectivity index (χ0) is 16.6. The van der Waals surface area contributed by atoms with Crippen molar-refractivity contribution in [3.8, 4) is 0 Å². The van der Waals surface area contributed by atoms with Gasteiger partial charge in [0.05, 0.1) is 6.54 Å². The van der Waals surface area contributed by atoms with E-state index in [4.69, 9.17) is 4.42 Å². The van der Waals surface area contributed by atoms with Crippen molar-refractivity contribution >= 4 is 17.2 Å². The summed E-state index contributed by atoms with van der Waals surface area (Å²) in [5.74, 6) is 1.92. The number of nitrogens with zero attached hydrogens (tertiary/aromatic N) is 4. The number of hydrogen-bond acceptors (Lipinski definition) is 6. The monoisotopic (exact) mass is 334 g/mol. The summed E-state index contributed by atoms with van der Waals surface area (Å²) >= 11 is 1.53. The summed E-state index contributed by atoms with van der Waals surface area (Å²) in [6.07, 6.45) is 0.718. The van der Waals surface area contributed by atoms with Crippen LogP contribution in [0.1, 0.15) is 52.6 Å². The van der Waals surface area contributed by atoms with Crippen molar-refractivity contribution in [2.45, 2.75) is 39.3 Å². The van der Waals surface area contributed by atoms with E-state index in [2.05, 4.69) is 23.8 Å². The topological polar surface area (TPSA) is 62.5 Å². The van der Waals surface area contributed by atoms with Crippen LogP contribution >= 0.6 is 11.3 Å². The molecule has 0 bridgehead atoms. The van der Waals surface area contributed by atoms with E-state index in [1.54, 1.807) is 0 Å². The van der Waals surface area contributed by atoms with Gasteiger partial charge in [-0.3, -0.25) is 4.79 Å². The zero-order valence-corrected chi connectivity index (χ0v) is 14.8. The van der Waals surface area contributed by atoms with Crippen LogP contribution in [0.4, 0.5) is 0 Å². The van der Waals surface area contributed by atoms with E-state index in [0.29, 0.717) is 18.8 Å². The second kappa shape index (κ2) is 6.41. The third kappa shape index (κ3) is 3.45. The maximum absolute atomic E-state index is 12.6. The molecule has 0 unspecified atom stereocenters. The molecule has 2 aromatic heterocycles. The Labute approximate surface area is 140 Å². The fraction of sp³-hybridized carbons (Fsp3) is 0.562. The third-order valence-corrected chi connectivity index (χ3v) is 4.58. The average molecular weight is 334 g/mol. The lowest BCUT2D eigenvalue weighted by Crippen LogP contribution is -2.36. The largest absolute Gasteiger partial charge is 0.445 e. The SMILES string of the molecule is CC(C)c1nc2c(o1)CCN(C(=O)c1csc(CN(C)C)n1)C2. The number of hydrogen-bond donors (Lipinski definition) is 0. The van der Waals surface area contributed by atoms with E-state index in [1.807, 2.05) is 29.3 Å². The molecule has 0 saturated heterocycles. The standard InChI is InChI=1S/C16H22N4O2S/c1-10(2)15-18-11-7-20(6-5-13(11)22-15)16(21)12-9-23-14(17-12)8-19(3)4/h9-10H,5-8H2,1-4H3. The predicted octanol–water partition coefficient (Wildman–Crippen LogP) is 2.51. The number of rotatable bonds is 4. The third-order valence-electron chi connectivity index (χ3n) is 3.75. The van der Waals surface area contributed by atoms with E-state index in [1.165, 1.54) is 11.3 Å². The van der Waals surface area contributed by atoms with Crippen molar-refractivity contribution in [1.29, 1.82) is 0 Å². The Morgan fingerprint density at radius 2 is 2.22 bits per heavy atom. The summed E-state index contributed by atoms with van der Waals surface area (Å²) in [4.78, 5) is 25.5. The molecule has 0 saturated carbocycles. The van der Waals surface area contributed by atoms with Gasteiger partial charge in [0.1, 0.15) is 22.2 Å². The highest BCUT2D eigenvalue weighted by Crippen LogP contribution is 2.25. The first-order chi connectivity index (χ1) is 10.9. The van der Waals surface area contributed by atoms with Gasteiger partial charge >= 0.3 is 0 Å². The number of fused-ring (bicyclic) bond motifs is 1. The Hall–Kier alpha value is -1.73. The van der Waals surface area contributed by atoms with Crippen LogP contribution in [0.2, 0.25) is 0 Å². The first-order valence-electron chi connectivity index (χ1n) is 7.81. The van der Waals surface area contributed by atoms with Crippen LogP contribution in [-0.4, -0.2) is 46.3 Å². The molecule has 7 heteroatoms. The second-order valence-electron chi connectivity index (χ2n) is 6.42. The molecule has 1 amide bonds. The van der Waals surface area contributed by atoms with Crippen molar-refractivity contribution in [2.24, 2.45) is 0 Å². The van der Waals surface area contributed by atoms with Crippen molar-refractivity contribution < 1.29 is 9.21 Å². The Kier molecular flexibility index (Phi) is 4.50. The molecule has 3 heterocycles. The molecule has 0 aromatic carbocycles. The lowest BCUT2D eigenvalue weighted by atomic mass is 10.1. The van der Waals surface area contributed by atoms with E-state index < -0.39 is 0 Å². The van der Waals surface area contributed by atoms with Crippen molar-refractivity contribution in [2.75, 3.05) is 20.6 Å². The summed E-state index contributed by atoms with van der Waals surface area (Å²) in [6.45, 7) is 6.02. The van der Waals surface area contributed by atoms with Crippen LogP contribution < -0.4 is 0 Å². The maximum Gasteiger partial charge on any atom is 0.273 e. The first-order valence-corrected chi connectivity index (χ1v) is 8.69. The number of thiazole rings is 1. The van der Waals surface area contributed by atoms with Gasteiger partial charge in [-0.15, -0.1) is 11.3 Å². The lowest BCUT2D eigenvalue weighted by molar-refractivity contribution is 0.0722. The highest BCUT2D eigenvalue weighted by Gasteiger charge is 2.27. The molecule has 1 aliphatic rings. The zero-order valence-electron chi connectivity index (χ0n) is 14.0. The van der Waals surface area contributed by atoms with Gasteiger partial charge in [0.2, 0.25) is 0 Å². The van der Waals surface area contributed by atoms with Crippen LogP contribution in [0.5, 0.6) is 0 Å². The Morgan fingerprint density at radius 1 is 1.43 bits per heavy atom. The summed E-state index contributed by atoms with van der Waals surface area (Å²) in [5, 5.41) is 2.80. The molecule has 0 aliphatic carbocycles. The smallest absolute Gasteiger partial charge is 0.273 e. The first kappa shape index (κ1) is 16.1. The van der Waals surface area contributed by atoms with Crippen LogP contribution in [0, 0.1) is 0 Å². The fourth-order valence-electron chi connectivity index (χ4n) is 2.55. The van der Waals surface area contributed by atoms with Crippen LogP contribution in [0.25, 0.3) is 0 Å². The van der Waals surface area contributed by atoms with Gasteiger partial charge in [-0.25, -0.2) is 9.97 Å². The Bertz CT molecular complexity index is 705. The van der Waals surface area contributed by atoms with Gasteiger partial charge in [0.25, 0.3) is 5.91 Å². The molecular formula is C16H22N4O2S. The van der Waals surface area contributed by atoms with E-state index in [9.17, 15) is 4.79 Å². The number of aromatic nitrogens is 2. The van der Waals surface area contributed by atoms with Crippen molar-refractivity contribution in [3.63, 3.8) is 0 Å². The molecule has 1 aliphatic heterocycles. The van der Waals surface area contributed by atoms with E-state index >= 15 is 0 Å². The molecule has 0 radical (unpaired) electrons. The average Bonchev–Trinajstić information content (AvgIpc) is 3.11. The van der Waals surface area contributed by atoms with E-state index in [-0.39, 0.29) is 11.8 Å². The minimum atomic E-state index is -0.0222. The molecule has 0 N–H and O–H groups in total. The van der Waals surface area contributed by atoms with E-state index in [0.717, 1.165) is 35.3 Å². The molecule has 0 spiro atoms. The number of carbonyl (C=O) groups is 1. The highest BCUT2D eigenvalue weighted by molar-refractivity contribution is 7.09. The Balaban J connectivity index is 1.72. The van der Waals surface area contributed by atoms with Crippen LogP contribution in [0.3, 0.4) is 0 Å². The van der Waals surface area contributed by atoms with Gasteiger partial charge in [-0.2, -0.15) is 0 Å². The van der Waals surface area contributed by atoms with Crippen molar-refractivity contribution in [1.82, 2.24) is 19.8 Å². The lowest BCUT2D eigenvalue weighted by Gasteiger charge is -2.24. The Morgan fingerprint density at radius 3 is 2.91 bits per heavy atom. The minimum Gasteiger partial charge on any atom is -0.445 e. The van der Waals surface area contributed by atoms with Crippen LogP contribution in [-0.2, 0) is 19.5 Å². The molecule has 0 fully saturated rings. The molecule has 2 aromatic rings. The maximum atomic E-state index is 12.6. The van der Waals surface area contributed by atoms with Gasteiger partial charge in [-0.05, 0) is 14.1 Å². The van der Waals surface area contributed by atoms with Crippen molar-refractivity contribution in [3.05, 3.63) is 33.4 Å². The molecule has 6 nitrogen and oxygen atoms in total. The number of carbonyl (C=O) groups excluding carboxylic acids is 1. The highest BCUT2D eigenvalue weighted by atomic mass is 32.1. The molecular weight excluding hydrogens is 312 g/mol. The number of oxazole rings is 1. The molecule has 124 valence electrons. The summed E-state index contributed by atoms with van der Waals surface area (Å²) in [5.41, 5.74) is 1.42.